The first kappa shape index (κ1) is 18.0. The van der Waals surface area contributed by atoms with Crippen LogP contribution < -0.4 is 9.47 Å². The quantitative estimate of drug-likeness (QED) is 0.405. The van der Waals surface area contributed by atoms with Crippen molar-refractivity contribution in [2.75, 3.05) is 7.11 Å². The first-order chi connectivity index (χ1) is 11.4. The predicted molar refractivity (Wildman–Crippen MR) is 87.0 cm³/mol. The highest BCUT2D eigenvalue weighted by Gasteiger charge is 2.16. The highest BCUT2D eigenvalue weighted by atomic mass is 32.2. The van der Waals surface area contributed by atoms with E-state index in [-0.39, 0.29) is 18.0 Å². The van der Waals surface area contributed by atoms with Crippen molar-refractivity contribution >= 4 is 17.4 Å². The van der Waals surface area contributed by atoms with Crippen LogP contribution in [0.1, 0.15) is 11.1 Å². The molecule has 0 saturated carbocycles. The van der Waals surface area contributed by atoms with Gasteiger partial charge in [0.2, 0.25) is 0 Å². The zero-order valence-corrected chi connectivity index (χ0v) is 13.8. The van der Waals surface area contributed by atoms with Crippen molar-refractivity contribution < 1.29 is 23.2 Å². The van der Waals surface area contributed by atoms with Crippen molar-refractivity contribution in [3.8, 4) is 11.5 Å². The number of hydrogen-bond donors (Lipinski definition) is 0. The van der Waals surface area contributed by atoms with Gasteiger partial charge in [0.15, 0.2) is 5.75 Å². The predicted octanol–water partition coefficient (Wildman–Crippen LogP) is 4.81. The number of nitro benzene ring substituents is 1. The van der Waals surface area contributed by atoms with Crippen molar-refractivity contribution in [2.45, 2.75) is 24.2 Å². The molecule has 128 valence electrons. The molecule has 0 atom stereocenters. The molecule has 0 aliphatic carbocycles. The number of rotatable bonds is 7. The minimum atomic E-state index is -2.55. The van der Waals surface area contributed by atoms with Gasteiger partial charge in [0, 0.05) is 6.07 Å². The van der Waals surface area contributed by atoms with Gasteiger partial charge < -0.3 is 9.47 Å². The zero-order valence-electron chi connectivity index (χ0n) is 13.0. The molecule has 0 aromatic heterocycles. The van der Waals surface area contributed by atoms with Crippen LogP contribution >= 0.6 is 11.8 Å². The van der Waals surface area contributed by atoms with Crippen LogP contribution in [0.25, 0.3) is 0 Å². The third-order valence-corrected chi connectivity index (χ3v) is 3.92. The van der Waals surface area contributed by atoms with Gasteiger partial charge in [-0.2, -0.15) is 8.78 Å². The van der Waals surface area contributed by atoms with E-state index < -0.39 is 10.7 Å². The fraction of sp³-hybridized carbons (Fsp3) is 0.250. The summed E-state index contributed by atoms with van der Waals surface area (Å²) in [6, 6.07) is 9.38. The van der Waals surface area contributed by atoms with E-state index in [4.69, 9.17) is 9.47 Å². The van der Waals surface area contributed by atoms with Crippen molar-refractivity contribution in [1.82, 2.24) is 0 Å². The summed E-state index contributed by atoms with van der Waals surface area (Å²) in [7, 11) is 1.39. The van der Waals surface area contributed by atoms with Crippen LogP contribution in [0.2, 0.25) is 0 Å². The number of methoxy groups -OCH3 is 1. The Labute approximate surface area is 141 Å². The van der Waals surface area contributed by atoms with Crippen LogP contribution in [0, 0.1) is 17.0 Å². The monoisotopic (exact) mass is 355 g/mol. The van der Waals surface area contributed by atoms with Gasteiger partial charge in [-0.15, -0.1) is 0 Å². The number of halogens is 2. The summed E-state index contributed by atoms with van der Waals surface area (Å²) in [5.41, 5.74) is 1.29. The van der Waals surface area contributed by atoms with E-state index in [1.54, 1.807) is 25.1 Å². The standard InChI is InChI=1S/C16H15F2NO4S/c1-10-3-5-13(12(7-10)19(20)21)23-9-11-4-6-15(24-16(17)18)14(8-11)22-2/h3-8,16H,9H2,1-2H3. The molecule has 0 amide bonds. The van der Waals surface area contributed by atoms with Crippen LogP contribution in [-0.4, -0.2) is 17.8 Å². The van der Waals surface area contributed by atoms with Gasteiger partial charge in [-0.25, -0.2) is 0 Å². The van der Waals surface area contributed by atoms with Gasteiger partial charge in [0.1, 0.15) is 12.4 Å². The minimum Gasteiger partial charge on any atom is -0.496 e. The maximum Gasteiger partial charge on any atom is 0.311 e. The fourth-order valence-electron chi connectivity index (χ4n) is 2.05. The lowest BCUT2D eigenvalue weighted by atomic mass is 10.2. The minimum absolute atomic E-state index is 0.0554. The van der Waals surface area contributed by atoms with E-state index >= 15 is 0 Å². The van der Waals surface area contributed by atoms with Gasteiger partial charge in [-0.05, 0) is 36.2 Å². The normalized spacial score (nSPS) is 10.7. The average molecular weight is 355 g/mol. The molecule has 0 unspecified atom stereocenters. The largest absolute Gasteiger partial charge is 0.496 e. The number of alkyl halides is 2. The van der Waals surface area contributed by atoms with E-state index in [0.717, 1.165) is 5.56 Å². The smallest absolute Gasteiger partial charge is 0.311 e. The zero-order chi connectivity index (χ0) is 17.7. The van der Waals surface area contributed by atoms with Crippen LogP contribution in [0.3, 0.4) is 0 Å². The Balaban J connectivity index is 2.16. The topological polar surface area (TPSA) is 61.6 Å². The molecular formula is C16H15F2NO4S. The lowest BCUT2D eigenvalue weighted by Crippen LogP contribution is -2.00. The molecule has 0 heterocycles. The van der Waals surface area contributed by atoms with E-state index in [2.05, 4.69) is 0 Å². The summed E-state index contributed by atoms with van der Waals surface area (Å²) in [6.07, 6.45) is 0. The van der Waals surface area contributed by atoms with Gasteiger partial charge >= 0.3 is 5.69 Å². The molecule has 5 nitrogen and oxygen atoms in total. The van der Waals surface area contributed by atoms with E-state index in [1.807, 2.05) is 0 Å². The average Bonchev–Trinajstić information content (AvgIpc) is 2.54. The molecule has 8 heteroatoms. The first-order valence-electron chi connectivity index (χ1n) is 6.90. The fourth-order valence-corrected chi connectivity index (χ4v) is 2.65. The maximum atomic E-state index is 12.5. The first-order valence-corrected chi connectivity index (χ1v) is 7.78. The number of ether oxygens (including phenoxy) is 2. The molecule has 2 rings (SSSR count). The molecule has 0 radical (unpaired) electrons. The summed E-state index contributed by atoms with van der Waals surface area (Å²) in [6.45, 7) is 1.81. The Hall–Kier alpha value is -2.35. The molecular weight excluding hydrogens is 340 g/mol. The van der Waals surface area contributed by atoms with Gasteiger partial charge in [-0.1, -0.05) is 23.9 Å². The second-order valence-corrected chi connectivity index (χ2v) is 5.91. The maximum absolute atomic E-state index is 12.5. The SMILES string of the molecule is COc1cc(COc2ccc(C)cc2[N+](=O)[O-])ccc1SC(F)F. The number of benzene rings is 2. The summed E-state index contributed by atoms with van der Waals surface area (Å²) in [4.78, 5) is 10.9. The molecule has 0 saturated heterocycles. The molecule has 0 N–H and O–H groups in total. The molecule has 24 heavy (non-hydrogen) atoms. The van der Waals surface area contributed by atoms with Crippen LogP contribution in [0.5, 0.6) is 11.5 Å². The summed E-state index contributed by atoms with van der Waals surface area (Å²) in [5.74, 6) is -2.09. The highest BCUT2D eigenvalue weighted by molar-refractivity contribution is 7.99. The Morgan fingerprint density at radius 2 is 1.96 bits per heavy atom. The lowest BCUT2D eigenvalue weighted by Gasteiger charge is -2.11. The van der Waals surface area contributed by atoms with Crippen molar-refractivity contribution in [3.63, 3.8) is 0 Å². The van der Waals surface area contributed by atoms with E-state index in [1.165, 1.54) is 25.3 Å². The van der Waals surface area contributed by atoms with Crippen LogP contribution in [0.4, 0.5) is 14.5 Å². The number of nitro groups is 1. The van der Waals surface area contributed by atoms with Crippen molar-refractivity contribution in [2.24, 2.45) is 0 Å². The Bertz CT molecular complexity index is 740. The summed E-state index contributed by atoms with van der Waals surface area (Å²) >= 11 is 0.392. The molecule has 2 aromatic rings. The van der Waals surface area contributed by atoms with E-state index in [0.29, 0.717) is 28.0 Å². The molecule has 0 bridgehead atoms. The van der Waals surface area contributed by atoms with Gasteiger partial charge in [0.25, 0.3) is 5.76 Å². The summed E-state index contributed by atoms with van der Waals surface area (Å²) < 4.78 is 35.6. The number of aryl methyl sites for hydroxylation is 1. The number of thioether (sulfide) groups is 1. The number of nitrogens with zero attached hydrogens (tertiary/aromatic N) is 1. The van der Waals surface area contributed by atoms with Crippen molar-refractivity contribution in [1.29, 1.82) is 0 Å². The van der Waals surface area contributed by atoms with Gasteiger partial charge in [-0.3, -0.25) is 10.1 Å². The summed E-state index contributed by atoms with van der Waals surface area (Å²) in [5, 5.41) is 11.1. The Kier molecular flexibility index (Phi) is 5.97. The lowest BCUT2D eigenvalue weighted by molar-refractivity contribution is -0.386. The Morgan fingerprint density at radius 3 is 2.58 bits per heavy atom. The van der Waals surface area contributed by atoms with Crippen LogP contribution in [-0.2, 0) is 6.61 Å². The second-order valence-electron chi connectivity index (χ2n) is 4.88. The third kappa shape index (κ3) is 4.58. The molecule has 0 aliphatic rings. The third-order valence-electron chi connectivity index (χ3n) is 3.15. The Morgan fingerprint density at radius 1 is 1.21 bits per heavy atom. The molecule has 0 aliphatic heterocycles. The van der Waals surface area contributed by atoms with Crippen LogP contribution in [0.15, 0.2) is 41.3 Å². The van der Waals surface area contributed by atoms with Crippen molar-refractivity contribution in [3.05, 3.63) is 57.6 Å². The van der Waals surface area contributed by atoms with E-state index in [9.17, 15) is 18.9 Å². The highest BCUT2D eigenvalue weighted by Crippen LogP contribution is 2.34. The second kappa shape index (κ2) is 7.96. The molecule has 0 spiro atoms. The van der Waals surface area contributed by atoms with Gasteiger partial charge in [0.05, 0.1) is 16.9 Å². The molecule has 2 aromatic carbocycles. The number of hydrogen-bond acceptors (Lipinski definition) is 5. The molecule has 0 fully saturated rings.